The number of hydrogen-bond donors (Lipinski definition) is 1. The number of hydrogen-bond acceptors (Lipinski definition) is 10. The minimum Gasteiger partial charge on any atom is -0.468 e. The third kappa shape index (κ3) is 9.77. The molecule has 1 aliphatic heterocycles. The lowest BCUT2D eigenvalue weighted by Gasteiger charge is -2.23. The Balaban J connectivity index is 1.32. The van der Waals surface area contributed by atoms with Gasteiger partial charge >= 0.3 is 12.1 Å². The third-order valence-electron chi connectivity index (χ3n) is 7.54. The molecule has 0 bridgehead atoms. The van der Waals surface area contributed by atoms with Gasteiger partial charge in [-0.15, -0.1) is 0 Å². The Hall–Kier alpha value is -4.94. The summed E-state index contributed by atoms with van der Waals surface area (Å²) in [7, 11) is 3.01. The van der Waals surface area contributed by atoms with Gasteiger partial charge in [-0.3, -0.25) is 9.59 Å². The van der Waals surface area contributed by atoms with Crippen molar-refractivity contribution in [2.75, 3.05) is 40.9 Å². The second-order valence-electron chi connectivity index (χ2n) is 11.3. The van der Waals surface area contributed by atoms with Crippen LogP contribution in [0.3, 0.4) is 0 Å². The van der Waals surface area contributed by atoms with Crippen molar-refractivity contribution in [3.8, 4) is 11.5 Å². The fourth-order valence-corrected chi connectivity index (χ4v) is 4.94. The Labute approximate surface area is 273 Å². The van der Waals surface area contributed by atoms with Gasteiger partial charge in [0.15, 0.2) is 19.4 Å². The lowest BCUT2D eigenvalue weighted by molar-refractivity contribution is -0.192. The number of amides is 2. The minimum atomic E-state index is -0.902. The van der Waals surface area contributed by atoms with Gasteiger partial charge in [-0.1, -0.05) is 32.0 Å². The smallest absolute Gasteiger partial charge is 0.453 e. The Bertz CT molecular complexity index is 1520. The predicted octanol–water partition coefficient (Wildman–Crippen LogP) is 5.50. The van der Waals surface area contributed by atoms with Crippen molar-refractivity contribution in [1.82, 2.24) is 10.2 Å². The Morgan fingerprint density at radius 3 is 2.15 bits per heavy atom. The minimum absolute atomic E-state index is 0.0157. The number of benzene rings is 3. The molecule has 1 atom stereocenters. The first-order chi connectivity index (χ1) is 22.7. The molecule has 0 aliphatic carbocycles. The third-order valence-corrected chi connectivity index (χ3v) is 7.54. The van der Waals surface area contributed by atoms with Crippen molar-refractivity contribution in [3.05, 3.63) is 94.5 Å². The molecule has 12 heteroatoms. The highest BCUT2D eigenvalue weighted by Gasteiger charge is 2.26. The average Bonchev–Trinajstić information content (AvgIpc) is 3.34. The van der Waals surface area contributed by atoms with E-state index in [1.165, 1.54) is 43.4 Å². The highest BCUT2D eigenvalue weighted by Crippen LogP contribution is 2.27. The molecule has 1 fully saturated rings. The number of methoxy groups -OCH3 is 2. The second kappa shape index (κ2) is 17.1. The molecule has 0 radical (unpaired) electrons. The van der Waals surface area contributed by atoms with Crippen molar-refractivity contribution in [1.29, 1.82) is 0 Å². The molecule has 1 N–H and O–H groups in total. The van der Waals surface area contributed by atoms with Gasteiger partial charge in [0.2, 0.25) is 0 Å². The summed E-state index contributed by atoms with van der Waals surface area (Å²) in [5.41, 5.74) is 2.20. The molecule has 250 valence electrons. The lowest BCUT2D eigenvalue weighted by Crippen LogP contribution is -2.45. The van der Waals surface area contributed by atoms with E-state index in [0.29, 0.717) is 47.6 Å². The number of rotatable bonds is 12. The lowest BCUT2D eigenvalue weighted by atomic mass is 9.95. The quantitative estimate of drug-likeness (QED) is 0.116. The van der Waals surface area contributed by atoms with E-state index < -0.39 is 12.1 Å². The zero-order valence-electron chi connectivity index (χ0n) is 27.0. The SMILES string of the molecule is COCOc1ccc(C(=O)NC2CCCCN(C(=O)OOC(=O)c3ccc(C(=O)c4cc(C(C)C)ccc4OCOC)cc3)C2)cc1. The van der Waals surface area contributed by atoms with Crippen LogP contribution >= 0.6 is 0 Å². The molecule has 1 saturated heterocycles. The standard InChI is InChI=1S/C35H40N2O10/c1-23(2)27-14-17-31(45-22-43-4)30(19-27)32(38)24-8-10-26(11-9-24)34(40)46-47-35(41)37-18-6-5-7-28(20-37)36-33(39)25-12-15-29(16-13-25)44-21-42-3/h8-17,19,23,28H,5-7,18,20-22H2,1-4H3,(H,36,39). The van der Waals surface area contributed by atoms with Gasteiger partial charge in [0, 0.05) is 44.5 Å². The van der Waals surface area contributed by atoms with Crippen molar-refractivity contribution < 1.29 is 47.9 Å². The number of ketones is 1. The molecule has 1 aliphatic rings. The molecule has 0 spiro atoms. The van der Waals surface area contributed by atoms with Crippen LogP contribution in [0, 0.1) is 0 Å². The summed E-state index contributed by atoms with van der Waals surface area (Å²) in [5.74, 6) is -0.331. The van der Waals surface area contributed by atoms with Gasteiger partial charge in [-0.25, -0.2) is 19.4 Å². The Morgan fingerprint density at radius 2 is 1.47 bits per heavy atom. The second-order valence-corrected chi connectivity index (χ2v) is 11.3. The van der Waals surface area contributed by atoms with Crippen LogP contribution in [0.4, 0.5) is 4.79 Å². The summed E-state index contributed by atoms with van der Waals surface area (Å²) in [4.78, 5) is 62.8. The molecule has 3 aromatic rings. The summed E-state index contributed by atoms with van der Waals surface area (Å²) in [6.07, 6.45) is 1.29. The summed E-state index contributed by atoms with van der Waals surface area (Å²) < 4.78 is 20.8. The topological polar surface area (TPSA) is 139 Å². The van der Waals surface area contributed by atoms with E-state index in [-0.39, 0.29) is 49.3 Å². The molecular weight excluding hydrogens is 608 g/mol. The number of carbonyl (C=O) groups excluding carboxylic acids is 4. The normalized spacial score (nSPS) is 14.6. The highest BCUT2D eigenvalue weighted by atomic mass is 17.2. The Kier molecular flexibility index (Phi) is 12.7. The van der Waals surface area contributed by atoms with Gasteiger partial charge in [0.1, 0.15) is 11.5 Å². The summed E-state index contributed by atoms with van der Waals surface area (Å²) in [6.45, 7) is 4.69. The maximum absolute atomic E-state index is 13.4. The number of ether oxygens (including phenoxy) is 4. The first kappa shape index (κ1) is 34.9. The van der Waals surface area contributed by atoms with Crippen molar-refractivity contribution in [3.63, 3.8) is 0 Å². The van der Waals surface area contributed by atoms with Gasteiger partial charge in [0.25, 0.3) is 5.91 Å². The van der Waals surface area contributed by atoms with Gasteiger partial charge in [0.05, 0.1) is 11.1 Å². The van der Waals surface area contributed by atoms with E-state index in [2.05, 4.69) is 5.32 Å². The van der Waals surface area contributed by atoms with Crippen LogP contribution in [0.15, 0.2) is 66.7 Å². The fraction of sp³-hybridized carbons (Fsp3) is 0.371. The van der Waals surface area contributed by atoms with Crippen LogP contribution in [0.1, 0.15) is 81.2 Å². The molecule has 1 unspecified atom stereocenters. The van der Waals surface area contributed by atoms with E-state index in [4.69, 9.17) is 28.7 Å². The fourth-order valence-electron chi connectivity index (χ4n) is 4.94. The predicted molar refractivity (Wildman–Crippen MR) is 170 cm³/mol. The molecule has 0 saturated carbocycles. The average molecular weight is 649 g/mol. The van der Waals surface area contributed by atoms with Gasteiger partial charge in [-0.2, -0.15) is 0 Å². The van der Waals surface area contributed by atoms with E-state index in [9.17, 15) is 19.2 Å². The van der Waals surface area contributed by atoms with Crippen LogP contribution in [-0.4, -0.2) is 75.6 Å². The zero-order chi connectivity index (χ0) is 33.8. The number of nitrogens with one attached hydrogen (secondary N) is 1. The van der Waals surface area contributed by atoms with Crippen LogP contribution < -0.4 is 14.8 Å². The highest BCUT2D eigenvalue weighted by molar-refractivity contribution is 6.11. The van der Waals surface area contributed by atoms with E-state index in [0.717, 1.165) is 12.0 Å². The molecule has 2 amide bonds. The monoisotopic (exact) mass is 648 g/mol. The maximum Gasteiger partial charge on any atom is 0.453 e. The van der Waals surface area contributed by atoms with Crippen LogP contribution in [0.25, 0.3) is 0 Å². The number of carbonyl (C=O) groups is 4. The molecular formula is C35H40N2O10. The molecule has 1 heterocycles. The summed E-state index contributed by atoms with van der Waals surface area (Å²) in [5, 5.41) is 2.96. The first-order valence-corrected chi connectivity index (χ1v) is 15.3. The maximum atomic E-state index is 13.4. The van der Waals surface area contributed by atoms with Gasteiger partial charge < -0.3 is 29.2 Å². The molecule has 47 heavy (non-hydrogen) atoms. The van der Waals surface area contributed by atoms with Crippen LogP contribution in [0.5, 0.6) is 11.5 Å². The summed E-state index contributed by atoms with van der Waals surface area (Å²) >= 11 is 0. The summed E-state index contributed by atoms with van der Waals surface area (Å²) in [6, 6.07) is 17.5. The number of likely N-dealkylation sites (tertiary alicyclic amines) is 1. The van der Waals surface area contributed by atoms with Gasteiger partial charge in [-0.05, 0) is 79.3 Å². The van der Waals surface area contributed by atoms with Crippen LogP contribution in [0.2, 0.25) is 0 Å². The van der Waals surface area contributed by atoms with Crippen molar-refractivity contribution in [2.24, 2.45) is 0 Å². The van der Waals surface area contributed by atoms with E-state index >= 15 is 0 Å². The van der Waals surface area contributed by atoms with E-state index in [1.54, 1.807) is 36.4 Å². The van der Waals surface area contributed by atoms with E-state index in [1.807, 2.05) is 19.9 Å². The molecule has 0 aromatic heterocycles. The van der Waals surface area contributed by atoms with Crippen molar-refractivity contribution >= 4 is 23.8 Å². The molecule has 4 rings (SSSR count). The number of nitrogens with zero attached hydrogens (tertiary/aromatic N) is 1. The van der Waals surface area contributed by atoms with Crippen LogP contribution in [-0.2, 0) is 19.2 Å². The first-order valence-electron chi connectivity index (χ1n) is 15.3. The molecule has 12 nitrogen and oxygen atoms in total. The molecule has 3 aromatic carbocycles. The largest absolute Gasteiger partial charge is 0.468 e. The van der Waals surface area contributed by atoms with Crippen molar-refractivity contribution in [2.45, 2.75) is 45.1 Å². The Morgan fingerprint density at radius 1 is 0.809 bits per heavy atom. The zero-order valence-corrected chi connectivity index (χ0v) is 27.0.